The van der Waals surface area contributed by atoms with E-state index >= 15 is 0 Å². The average molecular weight is 368 g/mol. The molecule has 0 unspecified atom stereocenters. The number of aryl methyl sites for hydroxylation is 1. The van der Waals surface area contributed by atoms with Gasteiger partial charge in [-0.1, -0.05) is 48.5 Å². The van der Waals surface area contributed by atoms with Crippen molar-refractivity contribution in [3.05, 3.63) is 101 Å². The topological polar surface area (TPSA) is 55.1 Å². The van der Waals surface area contributed by atoms with Crippen molar-refractivity contribution in [3.8, 4) is 0 Å². The second kappa shape index (κ2) is 7.92. The molecule has 0 spiro atoms. The highest BCUT2D eigenvalue weighted by atomic mass is 16.3. The molecule has 0 fully saturated rings. The summed E-state index contributed by atoms with van der Waals surface area (Å²) in [5, 5.41) is 2.87. The van der Waals surface area contributed by atoms with Crippen LogP contribution in [0, 0.1) is 6.92 Å². The summed E-state index contributed by atoms with van der Waals surface area (Å²) in [5.41, 5.74) is 5.65. The molecule has 0 aliphatic heterocycles. The zero-order valence-corrected chi connectivity index (χ0v) is 15.6. The van der Waals surface area contributed by atoms with E-state index in [0.717, 1.165) is 33.5 Å². The molecule has 4 rings (SSSR count). The summed E-state index contributed by atoms with van der Waals surface area (Å²) in [6, 6.07) is 23.4. The lowest BCUT2D eigenvalue weighted by molar-refractivity contribution is -0.111. The Bertz CT molecular complexity index is 1130. The van der Waals surface area contributed by atoms with Crippen LogP contribution in [0.15, 0.2) is 83.3 Å². The maximum atomic E-state index is 12.1. The van der Waals surface area contributed by atoms with E-state index < -0.39 is 0 Å². The van der Waals surface area contributed by atoms with Gasteiger partial charge in [0, 0.05) is 18.2 Å². The normalized spacial score (nSPS) is 11.2. The Morgan fingerprint density at radius 1 is 1.04 bits per heavy atom. The number of oxazole rings is 1. The quantitative estimate of drug-likeness (QED) is 0.481. The highest BCUT2D eigenvalue weighted by molar-refractivity contribution is 6.01. The lowest BCUT2D eigenvalue weighted by atomic mass is 10.1. The number of fused-ring (bicyclic) bond motifs is 1. The van der Waals surface area contributed by atoms with Crippen LogP contribution >= 0.6 is 0 Å². The fourth-order valence-electron chi connectivity index (χ4n) is 2.96. The van der Waals surface area contributed by atoms with E-state index in [9.17, 15) is 4.79 Å². The summed E-state index contributed by atoms with van der Waals surface area (Å²) in [5.74, 6) is 0.522. The Balaban J connectivity index is 1.39. The van der Waals surface area contributed by atoms with Gasteiger partial charge in [0.25, 0.3) is 0 Å². The van der Waals surface area contributed by atoms with Crippen LogP contribution in [0.1, 0.15) is 22.6 Å². The second-order valence-electron chi connectivity index (χ2n) is 6.69. The SMILES string of the molecule is Cc1ccc2oc(Cc3ccc(NC(=O)/C=C/c4ccccc4)cc3)nc2c1. The molecular weight excluding hydrogens is 348 g/mol. The predicted molar refractivity (Wildman–Crippen MR) is 112 cm³/mol. The highest BCUT2D eigenvalue weighted by Crippen LogP contribution is 2.20. The van der Waals surface area contributed by atoms with Gasteiger partial charge >= 0.3 is 0 Å². The summed E-state index contributed by atoms with van der Waals surface area (Å²) in [7, 11) is 0. The van der Waals surface area contributed by atoms with Crippen molar-refractivity contribution in [2.45, 2.75) is 13.3 Å². The molecule has 0 aliphatic carbocycles. The molecule has 0 saturated heterocycles. The average Bonchev–Trinajstić information content (AvgIpc) is 3.10. The van der Waals surface area contributed by atoms with E-state index in [1.807, 2.05) is 79.7 Å². The molecule has 0 bridgehead atoms. The van der Waals surface area contributed by atoms with Gasteiger partial charge in [-0.3, -0.25) is 4.79 Å². The highest BCUT2D eigenvalue weighted by Gasteiger charge is 2.07. The molecule has 4 nitrogen and oxygen atoms in total. The monoisotopic (exact) mass is 368 g/mol. The number of nitrogens with one attached hydrogen (secondary N) is 1. The molecule has 1 amide bonds. The molecular formula is C24H20N2O2. The van der Waals surface area contributed by atoms with Gasteiger partial charge in [-0.25, -0.2) is 4.98 Å². The number of benzene rings is 3. The molecule has 138 valence electrons. The van der Waals surface area contributed by atoms with Crippen LogP contribution in [-0.4, -0.2) is 10.9 Å². The lowest BCUT2D eigenvalue weighted by Crippen LogP contribution is -2.07. The van der Waals surface area contributed by atoms with Crippen molar-refractivity contribution in [1.29, 1.82) is 0 Å². The van der Waals surface area contributed by atoms with Gasteiger partial charge in [-0.05, 0) is 54.0 Å². The van der Waals surface area contributed by atoms with E-state index in [2.05, 4.69) is 10.3 Å². The molecule has 1 aromatic heterocycles. The van der Waals surface area contributed by atoms with Crippen LogP contribution < -0.4 is 5.32 Å². The van der Waals surface area contributed by atoms with Crippen molar-refractivity contribution >= 4 is 28.8 Å². The number of aromatic nitrogens is 1. The minimum absolute atomic E-state index is 0.161. The van der Waals surface area contributed by atoms with E-state index in [4.69, 9.17) is 4.42 Å². The van der Waals surface area contributed by atoms with Gasteiger partial charge in [0.2, 0.25) is 5.91 Å². The number of carbonyl (C=O) groups is 1. The summed E-state index contributed by atoms with van der Waals surface area (Å²) in [6.07, 6.45) is 3.93. The minimum Gasteiger partial charge on any atom is -0.440 e. The third-order valence-corrected chi connectivity index (χ3v) is 4.39. The van der Waals surface area contributed by atoms with Crippen LogP contribution in [-0.2, 0) is 11.2 Å². The Hall–Kier alpha value is -3.66. The Morgan fingerprint density at radius 3 is 2.61 bits per heavy atom. The zero-order valence-electron chi connectivity index (χ0n) is 15.6. The van der Waals surface area contributed by atoms with Crippen LogP contribution in [0.2, 0.25) is 0 Å². The number of amides is 1. The fourth-order valence-corrected chi connectivity index (χ4v) is 2.96. The van der Waals surface area contributed by atoms with Crippen molar-refractivity contribution in [2.24, 2.45) is 0 Å². The second-order valence-corrected chi connectivity index (χ2v) is 6.69. The molecule has 0 saturated carbocycles. The molecule has 1 heterocycles. The molecule has 1 N–H and O–H groups in total. The van der Waals surface area contributed by atoms with Crippen molar-refractivity contribution in [1.82, 2.24) is 4.98 Å². The number of hydrogen-bond donors (Lipinski definition) is 1. The first-order chi connectivity index (χ1) is 13.7. The first-order valence-electron chi connectivity index (χ1n) is 9.15. The van der Waals surface area contributed by atoms with Gasteiger partial charge in [0.15, 0.2) is 11.5 Å². The van der Waals surface area contributed by atoms with E-state index in [1.165, 1.54) is 6.08 Å². The van der Waals surface area contributed by atoms with E-state index in [-0.39, 0.29) is 5.91 Å². The number of rotatable bonds is 5. The number of nitrogens with zero attached hydrogens (tertiary/aromatic N) is 1. The van der Waals surface area contributed by atoms with E-state index in [0.29, 0.717) is 12.3 Å². The van der Waals surface area contributed by atoms with Crippen LogP contribution in [0.25, 0.3) is 17.2 Å². The third kappa shape index (κ3) is 4.35. The predicted octanol–water partition coefficient (Wildman–Crippen LogP) is 5.38. The fraction of sp³-hybridized carbons (Fsp3) is 0.0833. The Kier molecular flexibility index (Phi) is 5.02. The molecule has 0 aliphatic rings. The van der Waals surface area contributed by atoms with Gasteiger partial charge in [-0.15, -0.1) is 0 Å². The van der Waals surface area contributed by atoms with Crippen LogP contribution in [0.5, 0.6) is 0 Å². The standard InChI is InChI=1S/C24H20N2O2/c1-17-7-13-22-21(15-17)26-24(28-22)16-19-8-11-20(12-9-19)25-23(27)14-10-18-5-3-2-4-6-18/h2-15H,16H2,1H3,(H,25,27)/b14-10+. The molecule has 0 radical (unpaired) electrons. The largest absolute Gasteiger partial charge is 0.440 e. The van der Waals surface area contributed by atoms with Crippen LogP contribution in [0.3, 0.4) is 0 Å². The molecule has 4 aromatic rings. The number of anilines is 1. The van der Waals surface area contributed by atoms with Crippen LogP contribution in [0.4, 0.5) is 5.69 Å². The minimum atomic E-state index is -0.161. The molecule has 0 atom stereocenters. The smallest absolute Gasteiger partial charge is 0.248 e. The third-order valence-electron chi connectivity index (χ3n) is 4.39. The van der Waals surface area contributed by atoms with Gasteiger partial charge in [0.1, 0.15) is 5.52 Å². The van der Waals surface area contributed by atoms with E-state index in [1.54, 1.807) is 6.08 Å². The summed E-state index contributed by atoms with van der Waals surface area (Å²) >= 11 is 0. The summed E-state index contributed by atoms with van der Waals surface area (Å²) in [6.45, 7) is 2.04. The lowest BCUT2D eigenvalue weighted by Gasteiger charge is -2.03. The van der Waals surface area contributed by atoms with Crippen molar-refractivity contribution in [3.63, 3.8) is 0 Å². The Morgan fingerprint density at radius 2 is 1.82 bits per heavy atom. The maximum Gasteiger partial charge on any atom is 0.248 e. The number of hydrogen-bond acceptors (Lipinski definition) is 3. The first-order valence-corrected chi connectivity index (χ1v) is 9.15. The van der Waals surface area contributed by atoms with Crippen molar-refractivity contribution < 1.29 is 9.21 Å². The van der Waals surface area contributed by atoms with Gasteiger partial charge < -0.3 is 9.73 Å². The summed E-state index contributed by atoms with van der Waals surface area (Å²) < 4.78 is 5.81. The zero-order chi connectivity index (χ0) is 19.3. The summed E-state index contributed by atoms with van der Waals surface area (Å²) in [4.78, 5) is 16.6. The first kappa shape index (κ1) is 17.7. The maximum absolute atomic E-state index is 12.1. The number of carbonyl (C=O) groups excluding carboxylic acids is 1. The Labute approximate surface area is 163 Å². The molecule has 3 aromatic carbocycles. The molecule has 4 heteroatoms. The van der Waals surface area contributed by atoms with Crippen molar-refractivity contribution in [2.75, 3.05) is 5.32 Å². The van der Waals surface area contributed by atoms with Gasteiger partial charge in [0.05, 0.1) is 0 Å². The molecule has 28 heavy (non-hydrogen) atoms. The van der Waals surface area contributed by atoms with Gasteiger partial charge in [-0.2, -0.15) is 0 Å².